The summed E-state index contributed by atoms with van der Waals surface area (Å²) in [6, 6.07) is 27.1. The van der Waals surface area contributed by atoms with E-state index in [1.54, 1.807) is 0 Å². The first kappa shape index (κ1) is 17.5. The fourth-order valence-electron chi connectivity index (χ4n) is 7.08. The molecule has 10 aromatic rings. The fourth-order valence-corrected chi connectivity index (χ4v) is 7.08. The lowest BCUT2D eigenvalue weighted by atomic mass is 9.83. The lowest BCUT2D eigenvalue weighted by Crippen LogP contribution is -1.93. The first-order valence-electron chi connectivity index (χ1n) is 20.8. The van der Waals surface area contributed by atoms with Crippen molar-refractivity contribution in [2.75, 3.05) is 0 Å². The third-order valence-corrected chi connectivity index (χ3v) is 9.03. The molecule has 0 bridgehead atoms. The summed E-state index contributed by atoms with van der Waals surface area (Å²) in [6.07, 6.45) is 0. The Balaban J connectivity index is 1.42. The number of hydrogen-bond donors (Lipinski definition) is 0. The predicted molar refractivity (Wildman–Crippen MR) is 200 cm³/mol. The Morgan fingerprint density at radius 1 is 0.404 bits per heavy atom. The van der Waals surface area contributed by atoms with Crippen molar-refractivity contribution in [3.63, 3.8) is 0 Å². The zero-order chi connectivity index (χ0) is 40.5. The molecule has 0 unspecified atom stereocenters. The molecule has 0 N–H and O–H groups in total. The van der Waals surface area contributed by atoms with Gasteiger partial charge in [0, 0.05) is 16.2 Å². The highest BCUT2D eigenvalue weighted by Gasteiger charge is 2.22. The molecular formula is C46H28O. The van der Waals surface area contributed by atoms with Crippen LogP contribution in [0.2, 0.25) is 0 Å². The van der Waals surface area contributed by atoms with Crippen LogP contribution in [0.5, 0.6) is 0 Å². The Hall–Kier alpha value is -6.18. The molecule has 10 rings (SSSR count). The Morgan fingerprint density at radius 2 is 1.04 bits per heavy atom. The normalized spacial score (nSPS) is 15.1. The van der Waals surface area contributed by atoms with Crippen LogP contribution in [0, 0.1) is 0 Å². The van der Waals surface area contributed by atoms with Crippen molar-refractivity contribution in [2.24, 2.45) is 0 Å². The van der Waals surface area contributed by atoms with Gasteiger partial charge < -0.3 is 4.42 Å². The highest BCUT2D eigenvalue weighted by Crippen LogP contribution is 2.49. The monoisotopic (exact) mass is 607 g/mol. The topological polar surface area (TPSA) is 13.1 Å². The third kappa shape index (κ3) is 3.90. The summed E-state index contributed by atoms with van der Waals surface area (Å²) in [4.78, 5) is 0. The van der Waals surface area contributed by atoms with E-state index in [4.69, 9.17) is 15.4 Å². The number of hydrogen-bond acceptors (Lipinski definition) is 1. The summed E-state index contributed by atoms with van der Waals surface area (Å²) in [5.74, 6) is 0. The summed E-state index contributed by atoms with van der Waals surface area (Å²) in [5, 5.41) is 6.40. The smallest absolute Gasteiger partial charge is 0.143 e. The molecule has 0 aliphatic heterocycles. The van der Waals surface area contributed by atoms with Crippen molar-refractivity contribution in [1.82, 2.24) is 0 Å². The highest BCUT2D eigenvalue weighted by atomic mass is 16.3. The second-order valence-electron chi connectivity index (χ2n) is 11.5. The van der Waals surface area contributed by atoms with Gasteiger partial charge in [0.25, 0.3) is 0 Å². The maximum Gasteiger partial charge on any atom is 0.143 e. The molecule has 0 amide bonds. The van der Waals surface area contributed by atoms with Crippen LogP contribution in [-0.2, 0) is 0 Å². The fraction of sp³-hybridized carbons (Fsp3) is 0. The van der Waals surface area contributed by atoms with E-state index < -0.39 is 72.0 Å². The molecule has 0 radical (unpaired) electrons. The van der Waals surface area contributed by atoms with Gasteiger partial charge in [-0.05, 0) is 95.3 Å². The van der Waals surface area contributed by atoms with Gasteiger partial charge in [0.15, 0.2) is 0 Å². The molecular weight excluding hydrogens is 569 g/mol. The quantitative estimate of drug-likeness (QED) is 0.182. The van der Waals surface area contributed by atoms with E-state index in [9.17, 15) is 4.11 Å². The molecule has 0 saturated heterocycles. The molecule has 9 aromatic carbocycles. The van der Waals surface area contributed by atoms with E-state index in [2.05, 4.69) is 12.1 Å². The first-order chi connectivity index (χ1) is 27.9. The van der Waals surface area contributed by atoms with Crippen molar-refractivity contribution in [2.45, 2.75) is 0 Å². The Bertz CT molecular complexity index is 3390. The van der Waals surface area contributed by atoms with Gasteiger partial charge in [-0.25, -0.2) is 0 Å². The summed E-state index contributed by atoms with van der Waals surface area (Å²) in [6.45, 7) is 0. The average molecular weight is 608 g/mol. The summed E-state index contributed by atoms with van der Waals surface area (Å²) >= 11 is 0. The van der Waals surface area contributed by atoms with Crippen molar-refractivity contribution < 1.29 is 19.5 Å². The van der Waals surface area contributed by atoms with E-state index in [0.29, 0.717) is 21.9 Å². The average Bonchev–Trinajstić information content (AvgIpc) is 3.64. The van der Waals surface area contributed by atoms with Crippen LogP contribution >= 0.6 is 0 Å². The largest absolute Gasteiger partial charge is 0.455 e. The Morgan fingerprint density at radius 3 is 1.79 bits per heavy atom. The molecule has 1 heterocycles. The van der Waals surface area contributed by atoms with Crippen molar-refractivity contribution in [1.29, 1.82) is 0 Å². The second kappa shape index (κ2) is 10.2. The van der Waals surface area contributed by atoms with Crippen molar-refractivity contribution >= 4 is 65.0 Å². The number of rotatable bonds is 3. The van der Waals surface area contributed by atoms with E-state index in [1.807, 2.05) is 91.0 Å². The van der Waals surface area contributed by atoms with Crippen molar-refractivity contribution in [3.05, 3.63) is 170 Å². The summed E-state index contributed by atoms with van der Waals surface area (Å²) in [5.41, 5.74) is 3.00. The van der Waals surface area contributed by atoms with Gasteiger partial charge in [-0.2, -0.15) is 0 Å². The molecule has 1 aromatic heterocycles. The summed E-state index contributed by atoms with van der Waals surface area (Å²) in [7, 11) is 0. The highest BCUT2D eigenvalue weighted by molar-refractivity contribution is 6.28. The van der Waals surface area contributed by atoms with Crippen LogP contribution in [0.15, 0.2) is 174 Å². The Kier molecular flexibility index (Phi) is 3.79. The molecule has 218 valence electrons. The van der Waals surface area contributed by atoms with E-state index in [-0.39, 0.29) is 21.9 Å². The standard InChI is InChI=1S/C46H28O/c1-2-13-29(14-3-1)32-27-31-16-5-6-17-33(31)41(28-32)44-37-21-10-8-19-35(37)43(36-20-9-11-22-38(36)44)39-23-12-24-42-45(39)40-26-25-30-15-4-7-18-34(30)46(40)47-42/h1-28H/i1D,2D,3D,5D,6D,13D,14D,16D,17D,27D,28D. The number of benzene rings is 9. The molecule has 0 fully saturated rings. The van der Waals surface area contributed by atoms with Crippen LogP contribution in [0.3, 0.4) is 0 Å². The maximum absolute atomic E-state index is 9.91. The van der Waals surface area contributed by atoms with E-state index in [0.717, 1.165) is 49.0 Å². The second-order valence-corrected chi connectivity index (χ2v) is 11.5. The van der Waals surface area contributed by atoms with Crippen LogP contribution in [0.25, 0.3) is 98.4 Å². The number of fused-ring (bicyclic) bond motifs is 8. The Labute approximate surface area is 287 Å². The summed E-state index contributed by atoms with van der Waals surface area (Å²) < 4.78 is 104. The minimum Gasteiger partial charge on any atom is -0.455 e. The first-order valence-corrected chi connectivity index (χ1v) is 15.3. The van der Waals surface area contributed by atoms with Crippen LogP contribution in [0.1, 0.15) is 15.1 Å². The molecule has 1 heteroatoms. The minimum absolute atomic E-state index is 0.0530. The van der Waals surface area contributed by atoms with Crippen LogP contribution < -0.4 is 0 Å². The third-order valence-electron chi connectivity index (χ3n) is 9.03. The molecule has 0 aliphatic rings. The van der Waals surface area contributed by atoms with Gasteiger partial charge in [-0.15, -0.1) is 0 Å². The predicted octanol–water partition coefficient (Wildman–Crippen LogP) is 13.2. The van der Waals surface area contributed by atoms with Gasteiger partial charge in [0.2, 0.25) is 0 Å². The molecule has 1 nitrogen and oxygen atoms in total. The zero-order valence-corrected chi connectivity index (χ0v) is 24.7. The molecule has 0 atom stereocenters. The van der Waals surface area contributed by atoms with E-state index in [1.165, 1.54) is 0 Å². The maximum atomic E-state index is 9.91. The lowest BCUT2D eigenvalue weighted by Gasteiger charge is -2.20. The van der Waals surface area contributed by atoms with Crippen LogP contribution in [0.4, 0.5) is 0 Å². The lowest BCUT2D eigenvalue weighted by molar-refractivity contribution is 0.673. The SMILES string of the molecule is [2H]c1c([2H])c([2H])c(-c2c([2H])c(-c3c4ccccc4c(-c4cccc5oc6c7ccccc7ccc6c45)c4ccccc34)c3c([2H])c([2H])c([2H])c([2H])c3c2[2H])c([2H])c1[2H]. The van der Waals surface area contributed by atoms with Gasteiger partial charge in [0.05, 0.1) is 15.1 Å². The van der Waals surface area contributed by atoms with Gasteiger partial charge in [-0.3, -0.25) is 0 Å². The minimum atomic E-state index is -0.652. The molecule has 0 spiro atoms. The number of furan rings is 1. The van der Waals surface area contributed by atoms with E-state index >= 15 is 0 Å². The molecule has 0 saturated carbocycles. The van der Waals surface area contributed by atoms with Gasteiger partial charge in [0.1, 0.15) is 11.2 Å². The van der Waals surface area contributed by atoms with Gasteiger partial charge in [-0.1, -0.05) is 145 Å². The van der Waals surface area contributed by atoms with Gasteiger partial charge >= 0.3 is 0 Å². The molecule has 0 aliphatic carbocycles. The van der Waals surface area contributed by atoms with Crippen molar-refractivity contribution in [3.8, 4) is 33.4 Å². The zero-order valence-electron chi connectivity index (χ0n) is 35.7. The van der Waals surface area contributed by atoms with Crippen LogP contribution in [-0.4, -0.2) is 0 Å². The molecule has 47 heavy (non-hydrogen) atoms.